The van der Waals surface area contributed by atoms with E-state index in [-0.39, 0.29) is 6.54 Å². The van der Waals surface area contributed by atoms with Gasteiger partial charge < -0.3 is 11.5 Å². The molecule has 0 bridgehead atoms. The Morgan fingerprint density at radius 3 is 2.00 bits per heavy atom. The monoisotopic (exact) mass is 152 g/mol. The van der Waals surface area contributed by atoms with Crippen molar-refractivity contribution in [2.24, 2.45) is 16.9 Å². The van der Waals surface area contributed by atoms with Crippen LogP contribution in [0.5, 0.6) is 0 Å². The smallest absolute Gasteiger partial charge is 0.159 e. The highest BCUT2D eigenvalue weighted by molar-refractivity contribution is 5.18. The summed E-state index contributed by atoms with van der Waals surface area (Å²) in [6.45, 7) is 1.91. The normalized spacial score (nSPS) is 13.2. The lowest BCUT2D eigenvalue weighted by Gasteiger charge is -2.22. The molecule has 0 heterocycles. The molecule has 4 N–H and O–H groups in total. The maximum atomic E-state index is 8.67. The minimum Gasteiger partial charge on any atom is -0.329 e. The molecule has 0 aliphatic rings. The van der Waals surface area contributed by atoms with Gasteiger partial charge in [0.25, 0.3) is 0 Å². The molecular formula is C7H12N4. The zero-order valence-corrected chi connectivity index (χ0v) is 6.54. The molecule has 0 aliphatic carbocycles. The molecule has 1 atom stereocenters. The first-order valence-electron chi connectivity index (χ1n) is 3.45. The van der Waals surface area contributed by atoms with Gasteiger partial charge in [0.2, 0.25) is 0 Å². The summed E-state index contributed by atoms with van der Waals surface area (Å²) in [5.74, 6) is 0. The van der Waals surface area contributed by atoms with Crippen LogP contribution in [0.1, 0.15) is 13.3 Å². The van der Waals surface area contributed by atoms with Crippen molar-refractivity contribution < 1.29 is 0 Å². The Labute approximate surface area is 66.4 Å². The Morgan fingerprint density at radius 2 is 1.91 bits per heavy atom. The highest BCUT2D eigenvalue weighted by Gasteiger charge is 2.34. The van der Waals surface area contributed by atoms with Crippen LogP contribution in [0.15, 0.2) is 0 Å². The molecule has 0 aromatic carbocycles. The van der Waals surface area contributed by atoms with E-state index in [1.165, 1.54) is 0 Å². The summed E-state index contributed by atoms with van der Waals surface area (Å²) in [7, 11) is 0. The fourth-order valence-corrected chi connectivity index (χ4v) is 0.812. The third-order valence-electron chi connectivity index (χ3n) is 1.84. The van der Waals surface area contributed by atoms with Crippen molar-refractivity contribution in [1.29, 1.82) is 10.5 Å². The molecule has 0 rings (SSSR count). The third kappa shape index (κ3) is 1.68. The van der Waals surface area contributed by atoms with Gasteiger partial charge in [0.15, 0.2) is 5.41 Å². The topological polar surface area (TPSA) is 99.6 Å². The van der Waals surface area contributed by atoms with E-state index in [0.717, 1.165) is 0 Å². The second kappa shape index (κ2) is 3.92. The standard InChI is InChI=1S/C7H12N4/c1-2-7(4-9,5-10)6(11)3-8/h6H,2-3,8,11H2,1H3. The van der Waals surface area contributed by atoms with E-state index in [9.17, 15) is 0 Å². The zero-order chi connectivity index (χ0) is 8.91. The lowest BCUT2D eigenvalue weighted by molar-refractivity contribution is 0.400. The maximum absolute atomic E-state index is 8.67. The Kier molecular flexibility index (Phi) is 3.53. The van der Waals surface area contributed by atoms with Gasteiger partial charge in [-0.3, -0.25) is 0 Å². The van der Waals surface area contributed by atoms with Crippen molar-refractivity contribution in [2.45, 2.75) is 19.4 Å². The Morgan fingerprint density at radius 1 is 1.45 bits per heavy atom. The summed E-state index contributed by atoms with van der Waals surface area (Å²) in [5.41, 5.74) is 9.67. The second-order valence-electron chi connectivity index (χ2n) is 2.39. The molecule has 1 unspecified atom stereocenters. The molecule has 0 amide bonds. The number of hydrogen-bond donors (Lipinski definition) is 2. The van der Waals surface area contributed by atoms with Gasteiger partial charge >= 0.3 is 0 Å². The van der Waals surface area contributed by atoms with Gasteiger partial charge in [-0.05, 0) is 6.42 Å². The number of hydrogen-bond acceptors (Lipinski definition) is 4. The van der Waals surface area contributed by atoms with Gasteiger partial charge in [0.1, 0.15) is 0 Å². The van der Waals surface area contributed by atoms with Crippen molar-refractivity contribution >= 4 is 0 Å². The molecule has 4 nitrogen and oxygen atoms in total. The average molecular weight is 152 g/mol. The van der Waals surface area contributed by atoms with Gasteiger partial charge in [-0.25, -0.2) is 0 Å². The van der Waals surface area contributed by atoms with E-state index in [2.05, 4.69) is 0 Å². The fourth-order valence-electron chi connectivity index (χ4n) is 0.812. The molecule has 60 valence electrons. The molecule has 0 aromatic heterocycles. The summed E-state index contributed by atoms with van der Waals surface area (Å²) < 4.78 is 0. The summed E-state index contributed by atoms with van der Waals surface area (Å²) in [6.07, 6.45) is 0.415. The number of nitrogens with two attached hydrogens (primary N) is 2. The molecule has 4 heteroatoms. The first-order chi connectivity index (χ1) is 5.16. The number of nitrogens with zero attached hydrogens (tertiary/aromatic N) is 2. The van der Waals surface area contributed by atoms with E-state index in [0.29, 0.717) is 6.42 Å². The van der Waals surface area contributed by atoms with Crippen LogP contribution in [0.2, 0.25) is 0 Å². The molecule has 0 fully saturated rings. The predicted octanol–water partition coefficient (Wildman–Crippen LogP) is -0.284. The summed E-state index contributed by atoms with van der Waals surface area (Å²) in [6, 6.07) is 3.25. The molecule has 0 aliphatic heterocycles. The minimum absolute atomic E-state index is 0.162. The van der Waals surface area contributed by atoms with Crippen LogP contribution in [0, 0.1) is 28.1 Å². The van der Waals surface area contributed by atoms with Crippen LogP contribution in [0.3, 0.4) is 0 Å². The molecule has 0 saturated carbocycles. The molecule has 0 aromatic rings. The van der Waals surface area contributed by atoms with Crippen molar-refractivity contribution in [3.8, 4) is 12.1 Å². The average Bonchev–Trinajstić information content (AvgIpc) is 2.08. The summed E-state index contributed by atoms with van der Waals surface area (Å²) in [5, 5.41) is 17.3. The van der Waals surface area contributed by atoms with Gasteiger partial charge in [0.05, 0.1) is 12.1 Å². The SMILES string of the molecule is CCC(C#N)(C#N)C(N)CN. The van der Waals surface area contributed by atoms with Gasteiger partial charge in [-0.15, -0.1) is 0 Å². The largest absolute Gasteiger partial charge is 0.329 e. The van der Waals surface area contributed by atoms with Crippen molar-refractivity contribution in [2.75, 3.05) is 6.54 Å². The third-order valence-corrected chi connectivity index (χ3v) is 1.84. The first kappa shape index (κ1) is 9.90. The van der Waals surface area contributed by atoms with Gasteiger partial charge in [0, 0.05) is 12.6 Å². The van der Waals surface area contributed by atoms with Crippen molar-refractivity contribution in [3.05, 3.63) is 0 Å². The molecule has 11 heavy (non-hydrogen) atoms. The van der Waals surface area contributed by atoms with E-state index >= 15 is 0 Å². The van der Waals surface area contributed by atoms with Crippen LogP contribution in [0.4, 0.5) is 0 Å². The van der Waals surface area contributed by atoms with Crippen molar-refractivity contribution in [3.63, 3.8) is 0 Å². The molecule has 0 spiro atoms. The van der Waals surface area contributed by atoms with E-state index in [4.69, 9.17) is 22.0 Å². The molecule has 0 saturated heterocycles. The van der Waals surface area contributed by atoms with E-state index in [1.54, 1.807) is 6.92 Å². The van der Waals surface area contributed by atoms with Crippen LogP contribution >= 0.6 is 0 Å². The van der Waals surface area contributed by atoms with E-state index < -0.39 is 11.5 Å². The molecular weight excluding hydrogens is 140 g/mol. The minimum atomic E-state index is -1.10. The van der Waals surface area contributed by atoms with Crippen LogP contribution < -0.4 is 11.5 Å². The van der Waals surface area contributed by atoms with Gasteiger partial charge in [-0.2, -0.15) is 10.5 Å². The predicted molar refractivity (Wildman–Crippen MR) is 41.0 cm³/mol. The summed E-state index contributed by atoms with van der Waals surface area (Å²) in [4.78, 5) is 0. The Bertz CT molecular complexity index is 183. The number of nitriles is 2. The fraction of sp³-hybridized carbons (Fsp3) is 0.714. The van der Waals surface area contributed by atoms with Crippen molar-refractivity contribution in [1.82, 2.24) is 0 Å². The lowest BCUT2D eigenvalue weighted by atomic mass is 9.81. The number of rotatable bonds is 3. The highest BCUT2D eigenvalue weighted by atomic mass is 14.8. The highest BCUT2D eigenvalue weighted by Crippen LogP contribution is 2.22. The zero-order valence-electron chi connectivity index (χ0n) is 6.54. The quantitative estimate of drug-likeness (QED) is 0.580. The second-order valence-corrected chi connectivity index (χ2v) is 2.39. The Balaban J connectivity index is 4.61. The first-order valence-corrected chi connectivity index (χ1v) is 3.45. The summed E-state index contributed by atoms with van der Waals surface area (Å²) >= 11 is 0. The lowest BCUT2D eigenvalue weighted by Crippen LogP contribution is -2.44. The Hall–Kier alpha value is -1.10. The maximum Gasteiger partial charge on any atom is 0.159 e. The van der Waals surface area contributed by atoms with Gasteiger partial charge in [-0.1, -0.05) is 6.92 Å². The molecule has 0 radical (unpaired) electrons. The van der Waals surface area contributed by atoms with Crippen LogP contribution in [-0.4, -0.2) is 12.6 Å². The van der Waals surface area contributed by atoms with E-state index in [1.807, 2.05) is 12.1 Å². The van der Waals surface area contributed by atoms with Crippen LogP contribution in [-0.2, 0) is 0 Å². The van der Waals surface area contributed by atoms with Crippen LogP contribution in [0.25, 0.3) is 0 Å².